The van der Waals surface area contributed by atoms with Crippen molar-refractivity contribution in [2.75, 3.05) is 19.6 Å². The van der Waals surface area contributed by atoms with Gasteiger partial charge < -0.3 is 10.6 Å². The highest BCUT2D eigenvalue weighted by atomic mass is 35.5. The average molecular weight is 336 g/mol. The number of guanidine groups is 1. The zero-order chi connectivity index (χ0) is 16.4. The molecule has 3 nitrogen and oxygen atoms in total. The molecule has 0 spiro atoms. The summed E-state index contributed by atoms with van der Waals surface area (Å²) in [4.78, 5) is 4.26. The molecule has 0 aromatic heterocycles. The standard InChI is InChI=1S/C15H21ClF3N3/c1-2-20-14(22-11-9-15(17,18)19)21-10-5-7-12-6-3-4-8-13(12)16/h3-4,6,8H,2,5,7,9-11H2,1H3,(H2,20,21,22). The van der Waals surface area contributed by atoms with Crippen LogP contribution < -0.4 is 10.6 Å². The van der Waals surface area contributed by atoms with Gasteiger partial charge in [-0.25, -0.2) is 0 Å². The van der Waals surface area contributed by atoms with Crippen LogP contribution in [0.1, 0.15) is 25.3 Å². The first kappa shape index (κ1) is 18.6. The Labute approximate surface area is 134 Å². The number of benzene rings is 1. The van der Waals surface area contributed by atoms with Crippen molar-refractivity contribution < 1.29 is 13.2 Å². The maximum absolute atomic E-state index is 12.1. The Morgan fingerprint density at radius 2 is 1.95 bits per heavy atom. The molecule has 1 rings (SSSR count). The summed E-state index contributed by atoms with van der Waals surface area (Å²) in [6, 6.07) is 7.59. The molecular weight excluding hydrogens is 315 g/mol. The van der Waals surface area contributed by atoms with Crippen LogP contribution in [-0.4, -0.2) is 31.8 Å². The number of nitrogens with one attached hydrogen (secondary N) is 2. The smallest absolute Gasteiger partial charge is 0.357 e. The van der Waals surface area contributed by atoms with E-state index in [1.165, 1.54) is 0 Å². The second kappa shape index (κ2) is 9.56. The summed E-state index contributed by atoms with van der Waals surface area (Å²) in [5.41, 5.74) is 1.05. The molecular formula is C15H21ClF3N3. The summed E-state index contributed by atoms with van der Waals surface area (Å²) in [6.45, 7) is 2.81. The van der Waals surface area contributed by atoms with Gasteiger partial charge in [-0.05, 0) is 31.4 Å². The summed E-state index contributed by atoms with van der Waals surface area (Å²) < 4.78 is 36.3. The number of hydrogen-bond acceptors (Lipinski definition) is 1. The Morgan fingerprint density at radius 1 is 1.23 bits per heavy atom. The summed E-state index contributed by atoms with van der Waals surface area (Å²) in [5.74, 6) is 0.408. The third kappa shape index (κ3) is 8.12. The molecule has 0 saturated carbocycles. The number of nitrogens with zero attached hydrogens (tertiary/aromatic N) is 1. The van der Waals surface area contributed by atoms with Crippen molar-refractivity contribution in [2.45, 2.75) is 32.4 Å². The van der Waals surface area contributed by atoms with E-state index in [2.05, 4.69) is 15.6 Å². The minimum absolute atomic E-state index is 0.181. The second-order valence-electron chi connectivity index (χ2n) is 4.75. The van der Waals surface area contributed by atoms with Crippen LogP contribution in [0.25, 0.3) is 0 Å². The van der Waals surface area contributed by atoms with Gasteiger partial charge in [-0.3, -0.25) is 4.99 Å². The molecule has 124 valence electrons. The lowest BCUT2D eigenvalue weighted by Crippen LogP contribution is -2.39. The predicted octanol–water partition coefficient (Wildman–Crippen LogP) is 3.78. The molecule has 2 N–H and O–H groups in total. The number of hydrogen-bond donors (Lipinski definition) is 2. The molecule has 1 aromatic rings. The molecule has 0 aliphatic heterocycles. The Morgan fingerprint density at radius 3 is 2.59 bits per heavy atom. The zero-order valence-corrected chi connectivity index (χ0v) is 13.3. The fourth-order valence-corrected chi connectivity index (χ4v) is 2.06. The SMILES string of the molecule is CCNC(=NCCCc1ccccc1Cl)NCCC(F)(F)F. The van der Waals surface area contributed by atoms with Crippen LogP contribution in [0.2, 0.25) is 5.02 Å². The van der Waals surface area contributed by atoms with E-state index in [0.29, 0.717) is 19.0 Å². The van der Waals surface area contributed by atoms with Gasteiger partial charge in [0, 0.05) is 24.7 Å². The topological polar surface area (TPSA) is 36.4 Å². The highest BCUT2D eigenvalue weighted by molar-refractivity contribution is 6.31. The number of alkyl halides is 3. The van der Waals surface area contributed by atoms with Gasteiger partial charge in [-0.2, -0.15) is 13.2 Å². The molecule has 0 heterocycles. The number of halogens is 4. The van der Waals surface area contributed by atoms with Crippen molar-refractivity contribution >= 4 is 17.6 Å². The van der Waals surface area contributed by atoms with E-state index in [4.69, 9.17) is 11.6 Å². The normalized spacial score (nSPS) is 12.3. The Bertz CT molecular complexity index is 475. The molecule has 22 heavy (non-hydrogen) atoms. The van der Waals surface area contributed by atoms with Crippen LogP contribution in [0.15, 0.2) is 29.3 Å². The summed E-state index contributed by atoms with van der Waals surface area (Å²) >= 11 is 6.06. The summed E-state index contributed by atoms with van der Waals surface area (Å²) in [5, 5.41) is 6.33. The average Bonchev–Trinajstić information content (AvgIpc) is 2.44. The monoisotopic (exact) mass is 335 g/mol. The molecule has 0 fully saturated rings. The van der Waals surface area contributed by atoms with Crippen LogP contribution in [0.3, 0.4) is 0 Å². The Hall–Kier alpha value is -1.43. The minimum Gasteiger partial charge on any atom is -0.357 e. The summed E-state index contributed by atoms with van der Waals surface area (Å²) in [7, 11) is 0. The first-order chi connectivity index (χ1) is 10.4. The molecule has 0 atom stereocenters. The fourth-order valence-electron chi connectivity index (χ4n) is 1.83. The molecule has 0 amide bonds. The van der Waals surface area contributed by atoms with Gasteiger partial charge in [0.2, 0.25) is 0 Å². The van der Waals surface area contributed by atoms with Crippen LogP contribution >= 0.6 is 11.6 Å². The zero-order valence-electron chi connectivity index (χ0n) is 12.5. The third-order valence-electron chi connectivity index (χ3n) is 2.88. The van der Waals surface area contributed by atoms with Gasteiger partial charge in [0.25, 0.3) is 0 Å². The maximum Gasteiger partial charge on any atom is 0.390 e. The molecule has 0 aliphatic carbocycles. The molecule has 0 unspecified atom stereocenters. The maximum atomic E-state index is 12.1. The lowest BCUT2D eigenvalue weighted by atomic mass is 10.1. The highest BCUT2D eigenvalue weighted by Gasteiger charge is 2.26. The van der Waals surface area contributed by atoms with Gasteiger partial charge >= 0.3 is 6.18 Å². The Balaban J connectivity index is 2.37. The third-order valence-corrected chi connectivity index (χ3v) is 3.25. The van der Waals surface area contributed by atoms with Crippen molar-refractivity contribution in [1.82, 2.24) is 10.6 Å². The molecule has 0 saturated heterocycles. The molecule has 1 aromatic carbocycles. The van der Waals surface area contributed by atoms with E-state index >= 15 is 0 Å². The molecule has 7 heteroatoms. The van der Waals surface area contributed by atoms with Crippen molar-refractivity contribution in [1.29, 1.82) is 0 Å². The van der Waals surface area contributed by atoms with E-state index in [1.807, 2.05) is 31.2 Å². The van der Waals surface area contributed by atoms with Crippen LogP contribution in [0.5, 0.6) is 0 Å². The number of aliphatic imine (C=N–C) groups is 1. The van der Waals surface area contributed by atoms with E-state index in [0.717, 1.165) is 23.4 Å². The fraction of sp³-hybridized carbons (Fsp3) is 0.533. The molecule has 0 radical (unpaired) electrons. The lowest BCUT2D eigenvalue weighted by molar-refractivity contribution is -0.132. The van der Waals surface area contributed by atoms with Crippen LogP contribution in [0, 0.1) is 0 Å². The van der Waals surface area contributed by atoms with Crippen molar-refractivity contribution in [3.8, 4) is 0 Å². The van der Waals surface area contributed by atoms with E-state index in [-0.39, 0.29) is 6.54 Å². The van der Waals surface area contributed by atoms with Crippen LogP contribution in [0.4, 0.5) is 13.2 Å². The first-order valence-corrected chi connectivity index (χ1v) is 7.62. The van der Waals surface area contributed by atoms with Crippen LogP contribution in [-0.2, 0) is 6.42 Å². The second-order valence-corrected chi connectivity index (χ2v) is 5.15. The molecule has 0 aliphatic rings. The van der Waals surface area contributed by atoms with Gasteiger partial charge in [0.15, 0.2) is 5.96 Å². The van der Waals surface area contributed by atoms with Crippen molar-refractivity contribution in [3.63, 3.8) is 0 Å². The Kier molecular flexibility index (Phi) is 8.09. The number of aryl methyl sites for hydroxylation is 1. The largest absolute Gasteiger partial charge is 0.390 e. The van der Waals surface area contributed by atoms with Gasteiger partial charge in [0.1, 0.15) is 0 Å². The van der Waals surface area contributed by atoms with Crippen molar-refractivity contribution in [3.05, 3.63) is 34.9 Å². The lowest BCUT2D eigenvalue weighted by Gasteiger charge is -2.12. The molecule has 0 bridgehead atoms. The van der Waals surface area contributed by atoms with E-state index in [1.54, 1.807) is 0 Å². The first-order valence-electron chi connectivity index (χ1n) is 7.24. The summed E-state index contributed by atoms with van der Waals surface area (Å²) in [6.07, 6.45) is -3.48. The minimum atomic E-state index is -4.16. The highest BCUT2D eigenvalue weighted by Crippen LogP contribution is 2.18. The predicted molar refractivity (Wildman–Crippen MR) is 84.4 cm³/mol. The van der Waals surface area contributed by atoms with Crippen molar-refractivity contribution in [2.24, 2.45) is 4.99 Å². The van der Waals surface area contributed by atoms with E-state index in [9.17, 15) is 13.2 Å². The van der Waals surface area contributed by atoms with E-state index < -0.39 is 12.6 Å². The van der Waals surface area contributed by atoms with Gasteiger partial charge in [-0.1, -0.05) is 29.8 Å². The number of rotatable bonds is 7. The van der Waals surface area contributed by atoms with Gasteiger partial charge in [0.05, 0.1) is 6.42 Å². The van der Waals surface area contributed by atoms with Gasteiger partial charge in [-0.15, -0.1) is 0 Å². The quantitative estimate of drug-likeness (QED) is 0.452.